The highest BCUT2D eigenvalue weighted by Crippen LogP contribution is 2.45. The Kier molecular flexibility index (Phi) is 7.69. The van der Waals surface area contributed by atoms with E-state index in [0.717, 1.165) is 49.8 Å². The molecular weight excluding hydrogens is 418 g/mol. The minimum absolute atomic E-state index is 0.0617. The van der Waals surface area contributed by atoms with Crippen molar-refractivity contribution < 1.29 is 4.79 Å². The summed E-state index contributed by atoms with van der Waals surface area (Å²) in [5.74, 6) is 0. The molecule has 1 saturated carbocycles. The number of carbonyl (C=O) groups is 1. The minimum atomic E-state index is -0.258. The summed E-state index contributed by atoms with van der Waals surface area (Å²) in [5.41, 5.74) is 11.9. The van der Waals surface area contributed by atoms with Crippen LogP contribution >= 0.6 is 0 Å². The number of rotatable bonds is 10. The van der Waals surface area contributed by atoms with Crippen LogP contribution in [-0.2, 0) is 12.0 Å². The lowest BCUT2D eigenvalue weighted by Crippen LogP contribution is -2.49. The van der Waals surface area contributed by atoms with Gasteiger partial charge in [0.2, 0.25) is 0 Å². The van der Waals surface area contributed by atoms with Gasteiger partial charge in [0, 0.05) is 18.3 Å². The zero-order chi connectivity index (χ0) is 24.0. The number of aryl methyl sites for hydroxylation is 1. The molecule has 4 heteroatoms. The van der Waals surface area contributed by atoms with E-state index in [0.29, 0.717) is 6.54 Å². The molecule has 1 fully saturated rings. The van der Waals surface area contributed by atoms with Crippen LogP contribution in [0, 0.1) is 0 Å². The second-order valence-electron chi connectivity index (χ2n) is 9.53. The maximum absolute atomic E-state index is 13.5. The fourth-order valence-corrected chi connectivity index (χ4v) is 4.63. The molecule has 1 unspecified atom stereocenters. The van der Waals surface area contributed by atoms with Gasteiger partial charge in [0.05, 0.1) is 5.54 Å². The lowest BCUT2D eigenvalue weighted by atomic mass is 10.0. The number of benzene rings is 3. The summed E-state index contributed by atoms with van der Waals surface area (Å²) in [5, 5.41) is 3.33. The lowest BCUT2D eigenvalue weighted by molar-refractivity contribution is 0.240. The summed E-state index contributed by atoms with van der Waals surface area (Å²) in [6.45, 7) is 4.82. The maximum atomic E-state index is 13.5. The van der Waals surface area contributed by atoms with Crippen LogP contribution < -0.4 is 16.0 Å². The van der Waals surface area contributed by atoms with Gasteiger partial charge in [-0.2, -0.15) is 0 Å². The van der Waals surface area contributed by atoms with E-state index < -0.39 is 0 Å². The summed E-state index contributed by atoms with van der Waals surface area (Å²) in [4.78, 5) is 15.3. The summed E-state index contributed by atoms with van der Waals surface area (Å²) in [7, 11) is 0. The highest BCUT2D eigenvalue weighted by Gasteiger charge is 2.46. The molecule has 0 heterocycles. The Bertz CT molecular complexity index is 1060. The number of hydrogen-bond donors (Lipinski definition) is 2. The Morgan fingerprint density at radius 3 is 2.09 bits per heavy atom. The zero-order valence-corrected chi connectivity index (χ0v) is 20.5. The van der Waals surface area contributed by atoms with Crippen molar-refractivity contribution in [2.75, 3.05) is 11.4 Å². The molecule has 4 rings (SSSR count). The number of nitrogens with one attached hydrogen (secondary N) is 1. The third-order valence-corrected chi connectivity index (χ3v) is 6.75. The molecule has 0 saturated heterocycles. The van der Waals surface area contributed by atoms with E-state index in [2.05, 4.69) is 67.7 Å². The molecule has 3 aromatic carbocycles. The first-order valence-electron chi connectivity index (χ1n) is 12.6. The van der Waals surface area contributed by atoms with E-state index in [-0.39, 0.29) is 17.6 Å². The summed E-state index contributed by atoms with van der Waals surface area (Å²) in [6, 6.07) is 27.2. The van der Waals surface area contributed by atoms with Gasteiger partial charge in [-0.1, -0.05) is 93.4 Å². The molecule has 3 aromatic rings. The van der Waals surface area contributed by atoms with Gasteiger partial charge in [0.1, 0.15) is 0 Å². The summed E-state index contributed by atoms with van der Waals surface area (Å²) in [6.07, 6.45) is 6.06. The molecule has 1 atom stereocenters. The molecule has 0 radical (unpaired) electrons. The van der Waals surface area contributed by atoms with Crippen LogP contribution in [0.1, 0.15) is 57.1 Å². The van der Waals surface area contributed by atoms with Crippen LogP contribution in [0.15, 0.2) is 78.9 Å². The third-order valence-electron chi connectivity index (χ3n) is 6.75. The number of hydrogen-bond acceptors (Lipinski definition) is 2. The first kappa shape index (κ1) is 24.0. The van der Waals surface area contributed by atoms with E-state index in [1.807, 2.05) is 35.2 Å². The fourth-order valence-electron chi connectivity index (χ4n) is 4.63. The molecule has 3 N–H and O–H groups in total. The molecule has 1 aliphatic carbocycles. The molecule has 1 aliphatic rings. The van der Waals surface area contributed by atoms with E-state index in [9.17, 15) is 4.79 Å². The zero-order valence-electron chi connectivity index (χ0n) is 20.5. The topological polar surface area (TPSA) is 58.4 Å². The van der Waals surface area contributed by atoms with Gasteiger partial charge in [-0.05, 0) is 60.1 Å². The smallest absolute Gasteiger partial charge is 0.322 e. The number of carbonyl (C=O) groups excluding carboxylic acids is 1. The standard InChI is InChI=1S/C30H37N3O/c1-3-8-23-12-14-24(15-13-23)25-16-18-28(19-17-25)33(22-27(31)9-4-2)29(34)32-30(20-21-30)26-10-6-5-7-11-26/h5-7,10-19,27H,3-4,8-9,20-22,31H2,1-2H3,(H,32,34). The Morgan fingerprint density at radius 2 is 1.53 bits per heavy atom. The van der Waals surface area contributed by atoms with Gasteiger partial charge in [-0.3, -0.25) is 4.90 Å². The van der Waals surface area contributed by atoms with E-state index in [1.165, 1.54) is 16.7 Å². The van der Waals surface area contributed by atoms with Gasteiger partial charge in [0.25, 0.3) is 0 Å². The van der Waals surface area contributed by atoms with Gasteiger partial charge < -0.3 is 11.1 Å². The summed E-state index contributed by atoms with van der Waals surface area (Å²) < 4.78 is 0. The normalized spacial score (nSPS) is 14.9. The number of anilines is 1. The second kappa shape index (κ2) is 10.9. The average Bonchev–Trinajstić information content (AvgIpc) is 3.65. The van der Waals surface area contributed by atoms with Crippen molar-refractivity contribution in [1.82, 2.24) is 5.32 Å². The number of urea groups is 1. The monoisotopic (exact) mass is 455 g/mol. The first-order valence-corrected chi connectivity index (χ1v) is 12.6. The predicted octanol–water partition coefficient (Wildman–Crippen LogP) is 6.64. The van der Waals surface area contributed by atoms with Gasteiger partial charge in [-0.15, -0.1) is 0 Å². The summed E-state index contributed by atoms with van der Waals surface area (Å²) >= 11 is 0. The molecule has 178 valence electrons. The second-order valence-corrected chi connectivity index (χ2v) is 9.53. The van der Waals surface area contributed by atoms with Crippen LogP contribution in [0.4, 0.5) is 10.5 Å². The van der Waals surface area contributed by atoms with Crippen molar-refractivity contribution in [3.63, 3.8) is 0 Å². The van der Waals surface area contributed by atoms with Gasteiger partial charge >= 0.3 is 6.03 Å². The van der Waals surface area contributed by atoms with Crippen LogP contribution in [-0.4, -0.2) is 18.6 Å². The van der Waals surface area contributed by atoms with Crippen molar-refractivity contribution >= 4 is 11.7 Å². The van der Waals surface area contributed by atoms with Crippen LogP contribution in [0.3, 0.4) is 0 Å². The van der Waals surface area contributed by atoms with E-state index in [1.54, 1.807) is 0 Å². The first-order chi connectivity index (χ1) is 16.5. The van der Waals surface area contributed by atoms with Crippen molar-refractivity contribution in [3.05, 3.63) is 90.0 Å². The van der Waals surface area contributed by atoms with E-state index >= 15 is 0 Å². The minimum Gasteiger partial charge on any atom is -0.328 e. The Morgan fingerprint density at radius 1 is 0.912 bits per heavy atom. The predicted molar refractivity (Wildman–Crippen MR) is 142 cm³/mol. The van der Waals surface area contributed by atoms with Crippen molar-refractivity contribution in [2.24, 2.45) is 5.73 Å². The molecule has 4 nitrogen and oxygen atoms in total. The maximum Gasteiger partial charge on any atom is 0.322 e. The van der Waals surface area contributed by atoms with Gasteiger partial charge in [0.15, 0.2) is 0 Å². The Balaban J connectivity index is 1.54. The largest absolute Gasteiger partial charge is 0.328 e. The fraction of sp³-hybridized carbons (Fsp3) is 0.367. The molecule has 2 amide bonds. The van der Waals surface area contributed by atoms with Crippen LogP contribution in [0.2, 0.25) is 0 Å². The third kappa shape index (κ3) is 5.68. The highest BCUT2D eigenvalue weighted by molar-refractivity contribution is 5.93. The van der Waals surface area contributed by atoms with E-state index in [4.69, 9.17) is 5.73 Å². The molecule has 0 bridgehead atoms. The quantitative estimate of drug-likeness (QED) is 0.360. The molecule has 0 aromatic heterocycles. The van der Waals surface area contributed by atoms with Crippen molar-refractivity contribution in [2.45, 2.75) is 64.0 Å². The molecule has 0 aliphatic heterocycles. The Hall–Kier alpha value is -3.11. The van der Waals surface area contributed by atoms with Crippen molar-refractivity contribution in [3.8, 4) is 11.1 Å². The SMILES string of the molecule is CCCc1ccc(-c2ccc(N(CC(N)CCC)C(=O)NC3(c4ccccc4)CC3)cc2)cc1. The lowest BCUT2D eigenvalue weighted by Gasteiger charge is -2.29. The number of nitrogens with zero attached hydrogens (tertiary/aromatic N) is 1. The van der Waals surface area contributed by atoms with Crippen molar-refractivity contribution in [1.29, 1.82) is 0 Å². The average molecular weight is 456 g/mol. The Labute approximate surface area is 204 Å². The number of amides is 2. The van der Waals surface area contributed by atoms with Crippen LogP contribution in [0.25, 0.3) is 11.1 Å². The van der Waals surface area contributed by atoms with Crippen LogP contribution in [0.5, 0.6) is 0 Å². The van der Waals surface area contributed by atoms with Gasteiger partial charge in [-0.25, -0.2) is 4.79 Å². The highest BCUT2D eigenvalue weighted by atomic mass is 16.2. The molecular formula is C30H37N3O. The molecule has 0 spiro atoms. The number of nitrogens with two attached hydrogens (primary N) is 1. The molecule has 34 heavy (non-hydrogen) atoms.